The number of hydrogen-bond donors (Lipinski definition) is 2. The maximum Gasteiger partial charge on any atom is 0.416 e. The van der Waals surface area contributed by atoms with Gasteiger partial charge in [0.2, 0.25) is 0 Å². The topological polar surface area (TPSA) is 44.4 Å². The summed E-state index contributed by atoms with van der Waals surface area (Å²) < 4.78 is 77.3. The number of halogens is 6. The number of anilines is 1. The maximum absolute atomic E-state index is 12.9. The number of rotatable bonds is 3. The second kappa shape index (κ2) is 7.95. The Kier molecular flexibility index (Phi) is 6.28. The quantitative estimate of drug-likeness (QED) is 0.725. The van der Waals surface area contributed by atoms with Crippen molar-refractivity contribution in [3.63, 3.8) is 0 Å². The minimum atomic E-state index is -4.96. The van der Waals surface area contributed by atoms with Crippen LogP contribution in [0.1, 0.15) is 36.8 Å². The number of nitrogens with one attached hydrogen (secondary N) is 2. The van der Waals surface area contributed by atoms with Gasteiger partial charge >= 0.3 is 18.4 Å². The van der Waals surface area contributed by atoms with Crippen molar-refractivity contribution in [2.24, 2.45) is 0 Å². The van der Waals surface area contributed by atoms with E-state index in [2.05, 4.69) is 10.6 Å². The molecule has 1 unspecified atom stereocenters. The zero-order valence-corrected chi connectivity index (χ0v) is 14.8. The van der Waals surface area contributed by atoms with Crippen LogP contribution in [0.25, 0.3) is 0 Å². The lowest BCUT2D eigenvalue weighted by atomic mass is 9.89. The van der Waals surface area contributed by atoms with Crippen LogP contribution in [0.5, 0.6) is 0 Å². The summed E-state index contributed by atoms with van der Waals surface area (Å²) in [6.45, 7) is 0. The molecule has 1 aliphatic carbocycles. The molecule has 1 saturated carbocycles. The summed E-state index contributed by atoms with van der Waals surface area (Å²) in [5.41, 5.74) is -3.51. The van der Waals surface area contributed by atoms with Crippen LogP contribution in [0.15, 0.2) is 18.2 Å². The van der Waals surface area contributed by atoms with Crippen LogP contribution in [0.2, 0.25) is 0 Å². The summed E-state index contributed by atoms with van der Waals surface area (Å²) in [7, 11) is 3.70. The number of carbonyl (C=O) groups excluding carboxylic acids is 1. The molecule has 0 bridgehead atoms. The van der Waals surface area contributed by atoms with E-state index in [4.69, 9.17) is 0 Å². The van der Waals surface area contributed by atoms with Gasteiger partial charge < -0.3 is 15.5 Å². The molecule has 0 saturated heterocycles. The van der Waals surface area contributed by atoms with E-state index in [1.54, 1.807) is 0 Å². The Bertz CT molecular complexity index is 639. The van der Waals surface area contributed by atoms with Crippen molar-refractivity contribution in [3.05, 3.63) is 29.3 Å². The number of likely N-dealkylation sites (N-methyl/N-ethyl adjacent to an activating group) is 1. The van der Waals surface area contributed by atoms with Gasteiger partial charge in [0.25, 0.3) is 0 Å². The highest BCUT2D eigenvalue weighted by molar-refractivity contribution is 5.89. The first-order chi connectivity index (χ1) is 12.4. The number of alkyl halides is 6. The summed E-state index contributed by atoms with van der Waals surface area (Å²) in [6, 6.07) is -0.0237. The minimum absolute atomic E-state index is 0.0201. The van der Waals surface area contributed by atoms with Gasteiger partial charge in [-0.1, -0.05) is 12.8 Å². The van der Waals surface area contributed by atoms with Gasteiger partial charge in [0.1, 0.15) is 0 Å². The van der Waals surface area contributed by atoms with Gasteiger partial charge in [0.15, 0.2) is 0 Å². The molecule has 0 radical (unpaired) electrons. The molecule has 2 N–H and O–H groups in total. The molecule has 0 heterocycles. The zero-order chi connectivity index (χ0) is 20.4. The van der Waals surface area contributed by atoms with E-state index in [-0.39, 0.29) is 18.2 Å². The van der Waals surface area contributed by atoms with Crippen molar-refractivity contribution in [3.8, 4) is 0 Å². The molecule has 0 spiro atoms. The van der Waals surface area contributed by atoms with Crippen molar-refractivity contribution in [1.29, 1.82) is 0 Å². The van der Waals surface area contributed by atoms with E-state index < -0.39 is 35.2 Å². The second-order valence-electron chi connectivity index (χ2n) is 6.81. The first-order valence-corrected chi connectivity index (χ1v) is 8.41. The predicted molar refractivity (Wildman–Crippen MR) is 88.3 cm³/mol. The van der Waals surface area contributed by atoms with Crippen molar-refractivity contribution >= 4 is 11.7 Å². The van der Waals surface area contributed by atoms with Gasteiger partial charge in [-0.3, -0.25) is 0 Å². The lowest BCUT2D eigenvalue weighted by Crippen LogP contribution is -2.52. The van der Waals surface area contributed by atoms with E-state index in [1.807, 2.05) is 19.0 Å². The summed E-state index contributed by atoms with van der Waals surface area (Å²) in [5, 5.41) is 4.77. The van der Waals surface area contributed by atoms with Crippen LogP contribution in [-0.4, -0.2) is 37.1 Å². The van der Waals surface area contributed by atoms with Gasteiger partial charge in [0.05, 0.1) is 11.1 Å². The van der Waals surface area contributed by atoms with Crippen molar-refractivity contribution < 1.29 is 31.1 Å². The summed E-state index contributed by atoms with van der Waals surface area (Å²) in [5.74, 6) is 0. The molecule has 1 fully saturated rings. The molecule has 0 aliphatic heterocycles. The first kappa shape index (κ1) is 21.3. The Morgan fingerprint density at radius 3 is 1.96 bits per heavy atom. The van der Waals surface area contributed by atoms with E-state index in [0.717, 1.165) is 19.3 Å². The molecule has 152 valence electrons. The standard InChI is InChI=1S/C17H21F6N3O/c1-26(2)14-6-4-3-5-13(14)25-15(27)24-12-8-10(16(18,19)20)7-11(9-12)17(21,22)23/h7-9,13-14H,3-6H2,1-2H3,(H2,24,25,27)/t13?,14-/m0/s1. The van der Waals surface area contributed by atoms with Gasteiger partial charge in [-0.2, -0.15) is 26.3 Å². The van der Waals surface area contributed by atoms with E-state index in [1.165, 1.54) is 0 Å². The predicted octanol–water partition coefficient (Wildman–Crippen LogP) is 4.72. The average molecular weight is 397 g/mol. The fourth-order valence-corrected chi connectivity index (χ4v) is 3.26. The van der Waals surface area contributed by atoms with Crippen molar-refractivity contribution in [2.45, 2.75) is 50.1 Å². The molecule has 1 aliphatic rings. The largest absolute Gasteiger partial charge is 0.416 e. The molecule has 1 aromatic rings. The Hall–Kier alpha value is -1.97. The Balaban J connectivity index is 2.19. The lowest BCUT2D eigenvalue weighted by Gasteiger charge is -2.36. The molecule has 1 aromatic carbocycles. The molecule has 2 atom stereocenters. The van der Waals surface area contributed by atoms with Gasteiger partial charge in [-0.25, -0.2) is 4.79 Å². The van der Waals surface area contributed by atoms with Crippen LogP contribution >= 0.6 is 0 Å². The van der Waals surface area contributed by atoms with Crippen molar-refractivity contribution in [2.75, 3.05) is 19.4 Å². The molecular formula is C17H21F6N3O. The summed E-state index contributed by atoms with van der Waals surface area (Å²) in [4.78, 5) is 14.1. The average Bonchev–Trinajstić information content (AvgIpc) is 2.53. The maximum atomic E-state index is 12.9. The highest BCUT2D eigenvalue weighted by atomic mass is 19.4. The van der Waals surface area contributed by atoms with E-state index in [9.17, 15) is 31.1 Å². The highest BCUT2D eigenvalue weighted by Crippen LogP contribution is 2.37. The number of nitrogens with zero attached hydrogens (tertiary/aromatic N) is 1. The second-order valence-corrected chi connectivity index (χ2v) is 6.81. The van der Waals surface area contributed by atoms with Gasteiger partial charge in [0, 0.05) is 17.8 Å². The number of urea groups is 1. The molecule has 10 heteroatoms. The van der Waals surface area contributed by atoms with E-state index in [0.29, 0.717) is 18.6 Å². The Labute approximate surface area is 152 Å². The van der Waals surface area contributed by atoms with Crippen LogP contribution in [0.3, 0.4) is 0 Å². The number of benzene rings is 1. The number of carbonyl (C=O) groups is 1. The fraction of sp³-hybridized carbons (Fsp3) is 0.588. The monoisotopic (exact) mass is 397 g/mol. The SMILES string of the molecule is CN(C)[C@H]1CCCCC1NC(=O)Nc1cc(C(F)(F)F)cc(C(F)(F)F)c1. The van der Waals surface area contributed by atoms with E-state index >= 15 is 0 Å². The molecule has 2 amide bonds. The van der Waals surface area contributed by atoms with Crippen LogP contribution < -0.4 is 10.6 Å². The lowest BCUT2D eigenvalue weighted by molar-refractivity contribution is -0.143. The third-order valence-corrected chi connectivity index (χ3v) is 4.55. The Morgan fingerprint density at radius 1 is 0.963 bits per heavy atom. The minimum Gasteiger partial charge on any atom is -0.334 e. The third-order valence-electron chi connectivity index (χ3n) is 4.55. The highest BCUT2D eigenvalue weighted by Gasteiger charge is 2.37. The zero-order valence-electron chi connectivity index (χ0n) is 14.8. The molecule has 4 nitrogen and oxygen atoms in total. The molecule has 27 heavy (non-hydrogen) atoms. The number of hydrogen-bond acceptors (Lipinski definition) is 2. The smallest absolute Gasteiger partial charge is 0.334 e. The molecular weight excluding hydrogens is 376 g/mol. The van der Waals surface area contributed by atoms with Gasteiger partial charge in [-0.05, 0) is 45.1 Å². The van der Waals surface area contributed by atoms with Crippen LogP contribution in [-0.2, 0) is 12.4 Å². The normalized spacial score (nSPS) is 21.2. The Morgan fingerprint density at radius 2 is 1.48 bits per heavy atom. The third kappa shape index (κ3) is 5.75. The van der Waals surface area contributed by atoms with Gasteiger partial charge in [-0.15, -0.1) is 0 Å². The van der Waals surface area contributed by atoms with Crippen molar-refractivity contribution in [1.82, 2.24) is 10.2 Å². The molecule has 0 aromatic heterocycles. The fourth-order valence-electron chi connectivity index (χ4n) is 3.26. The number of amides is 2. The van der Waals surface area contributed by atoms with Crippen LogP contribution in [0.4, 0.5) is 36.8 Å². The summed E-state index contributed by atoms with van der Waals surface area (Å²) >= 11 is 0. The van der Waals surface area contributed by atoms with Crippen LogP contribution in [0, 0.1) is 0 Å². The molecule has 2 rings (SSSR count). The summed E-state index contributed by atoms with van der Waals surface area (Å²) in [6.07, 6.45) is -6.52. The first-order valence-electron chi connectivity index (χ1n) is 8.41.